The van der Waals surface area contributed by atoms with Crippen LogP contribution in [0.2, 0.25) is 0 Å². The molecule has 33 heavy (non-hydrogen) atoms. The fourth-order valence-corrected chi connectivity index (χ4v) is 4.60. The maximum Gasteiger partial charge on any atom is 0.224 e. The van der Waals surface area contributed by atoms with E-state index in [4.69, 9.17) is 4.98 Å². The number of imidazole rings is 1. The minimum absolute atomic E-state index is 0.0977. The zero-order valence-corrected chi connectivity index (χ0v) is 19.6. The number of carbonyl (C=O) groups excluding carboxylic acids is 2. The van der Waals surface area contributed by atoms with E-state index in [1.807, 2.05) is 23.1 Å². The lowest BCUT2D eigenvalue weighted by Crippen LogP contribution is -2.32. The van der Waals surface area contributed by atoms with Crippen molar-refractivity contribution in [3.63, 3.8) is 0 Å². The summed E-state index contributed by atoms with van der Waals surface area (Å²) in [7, 11) is 0. The van der Waals surface area contributed by atoms with Crippen LogP contribution in [-0.2, 0) is 29.0 Å². The largest absolute Gasteiger partial charge is 0.343 e. The van der Waals surface area contributed by atoms with Crippen molar-refractivity contribution < 1.29 is 9.59 Å². The number of nitrogens with zero attached hydrogens (tertiary/aromatic N) is 3. The molecule has 1 aliphatic heterocycles. The minimum atomic E-state index is -0.109. The van der Waals surface area contributed by atoms with E-state index in [0.717, 1.165) is 62.3 Å². The maximum absolute atomic E-state index is 12.4. The summed E-state index contributed by atoms with van der Waals surface area (Å²) >= 11 is 0. The first kappa shape index (κ1) is 23.0. The summed E-state index contributed by atoms with van der Waals surface area (Å²) in [4.78, 5) is 31.4. The molecule has 0 aliphatic carbocycles. The summed E-state index contributed by atoms with van der Waals surface area (Å²) in [5.41, 5.74) is 4.20. The van der Waals surface area contributed by atoms with E-state index < -0.39 is 0 Å². The first-order valence-electron chi connectivity index (χ1n) is 12.2. The molecule has 0 atom stereocenters. The number of aromatic nitrogens is 2. The smallest absolute Gasteiger partial charge is 0.224 e. The number of hydrogen-bond acceptors (Lipinski definition) is 3. The van der Waals surface area contributed by atoms with Gasteiger partial charge in [0.2, 0.25) is 11.8 Å². The van der Waals surface area contributed by atoms with E-state index in [2.05, 4.69) is 47.1 Å². The average molecular weight is 447 g/mol. The molecule has 1 N–H and O–H groups in total. The zero-order valence-electron chi connectivity index (χ0n) is 19.6. The highest BCUT2D eigenvalue weighted by atomic mass is 16.2. The summed E-state index contributed by atoms with van der Waals surface area (Å²) in [5, 5.41) is 2.92. The molecule has 174 valence electrons. The Hall–Kier alpha value is -3.15. The van der Waals surface area contributed by atoms with Crippen LogP contribution in [0.25, 0.3) is 11.0 Å². The molecule has 1 aromatic heterocycles. The van der Waals surface area contributed by atoms with Crippen molar-refractivity contribution in [2.45, 2.75) is 64.8 Å². The molecule has 3 aromatic rings. The van der Waals surface area contributed by atoms with Crippen LogP contribution in [0.15, 0.2) is 48.5 Å². The quantitative estimate of drug-likeness (QED) is 0.532. The van der Waals surface area contributed by atoms with Gasteiger partial charge in [0.05, 0.1) is 11.0 Å². The van der Waals surface area contributed by atoms with Crippen LogP contribution in [0.4, 0.5) is 5.69 Å². The normalized spacial score (nSPS) is 14.3. The van der Waals surface area contributed by atoms with Crippen LogP contribution in [0.1, 0.15) is 56.8 Å². The third kappa shape index (κ3) is 6.01. The topological polar surface area (TPSA) is 67.2 Å². The highest BCUT2D eigenvalue weighted by molar-refractivity contribution is 5.93. The van der Waals surface area contributed by atoms with Gasteiger partial charge in [0.1, 0.15) is 5.82 Å². The van der Waals surface area contributed by atoms with Crippen molar-refractivity contribution in [3.05, 3.63) is 59.9 Å². The van der Waals surface area contributed by atoms with Crippen LogP contribution >= 0.6 is 0 Å². The summed E-state index contributed by atoms with van der Waals surface area (Å²) in [6, 6.07) is 16.2. The lowest BCUT2D eigenvalue weighted by atomic mass is 10.1. The van der Waals surface area contributed by atoms with Crippen LogP contribution in [-0.4, -0.2) is 39.4 Å². The van der Waals surface area contributed by atoms with E-state index in [1.165, 1.54) is 23.9 Å². The van der Waals surface area contributed by atoms with Crippen LogP contribution in [0, 0.1) is 0 Å². The second kappa shape index (κ2) is 11.1. The second-order valence-electron chi connectivity index (χ2n) is 8.80. The third-order valence-corrected chi connectivity index (χ3v) is 6.45. The van der Waals surface area contributed by atoms with Gasteiger partial charge in [0.15, 0.2) is 0 Å². The van der Waals surface area contributed by atoms with Gasteiger partial charge in [-0.3, -0.25) is 9.59 Å². The molecule has 0 bridgehead atoms. The third-order valence-electron chi connectivity index (χ3n) is 6.45. The Bertz CT molecular complexity index is 1080. The first-order valence-corrected chi connectivity index (χ1v) is 12.2. The van der Waals surface area contributed by atoms with Crippen LogP contribution in [0.3, 0.4) is 0 Å². The Labute approximate surface area is 196 Å². The summed E-state index contributed by atoms with van der Waals surface area (Å²) < 4.78 is 2.27. The van der Waals surface area contributed by atoms with E-state index >= 15 is 0 Å². The number of aryl methyl sites for hydroxylation is 3. The molecule has 6 nitrogen and oxygen atoms in total. The summed E-state index contributed by atoms with van der Waals surface area (Å²) in [6.07, 6.45) is 6.79. The minimum Gasteiger partial charge on any atom is -0.343 e. The molecule has 4 rings (SSSR count). The molecule has 0 spiro atoms. The maximum atomic E-state index is 12.4. The Morgan fingerprint density at radius 3 is 2.36 bits per heavy atom. The monoisotopic (exact) mass is 446 g/mol. The van der Waals surface area contributed by atoms with Gasteiger partial charge in [-0.05, 0) is 56.0 Å². The van der Waals surface area contributed by atoms with E-state index in [0.29, 0.717) is 0 Å². The van der Waals surface area contributed by atoms with E-state index in [1.54, 1.807) is 0 Å². The fourth-order valence-electron chi connectivity index (χ4n) is 4.60. The van der Waals surface area contributed by atoms with E-state index in [9.17, 15) is 9.59 Å². The van der Waals surface area contributed by atoms with Gasteiger partial charge >= 0.3 is 0 Å². The van der Waals surface area contributed by atoms with Crippen LogP contribution < -0.4 is 5.32 Å². The first-order chi connectivity index (χ1) is 16.1. The Morgan fingerprint density at radius 2 is 1.64 bits per heavy atom. The van der Waals surface area contributed by atoms with Crippen LogP contribution in [0.5, 0.6) is 0 Å². The van der Waals surface area contributed by atoms with Gasteiger partial charge in [-0.15, -0.1) is 0 Å². The number of rotatable bonds is 8. The molecule has 0 radical (unpaired) electrons. The number of hydrogen-bond donors (Lipinski definition) is 1. The van der Waals surface area contributed by atoms with Gasteiger partial charge in [0, 0.05) is 44.6 Å². The van der Waals surface area contributed by atoms with Gasteiger partial charge < -0.3 is 14.8 Å². The standard InChI is InChI=1S/C27H34N4O2/c1-2-31-24-10-6-5-9-23(24)29-25(31)16-13-21-11-14-22(15-12-21)28-26(32)17-18-27(33)30-19-7-3-4-8-20-30/h5-6,9-12,14-15H,2-4,7-8,13,16-20H2,1H3,(H,28,32). The highest BCUT2D eigenvalue weighted by Crippen LogP contribution is 2.18. The number of anilines is 1. The number of benzene rings is 2. The number of amides is 2. The van der Waals surface area contributed by atoms with E-state index in [-0.39, 0.29) is 24.7 Å². The van der Waals surface area contributed by atoms with Gasteiger partial charge in [-0.1, -0.05) is 37.1 Å². The van der Waals surface area contributed by atoms with Gasteiger partial charge in [-0.25, -0.2) is 4.98 Å². The Morgan fingerprint density at radius 1 is 0.909 bits per heavy atom. The van der Waals surface area contributed by atoms with Gasteiger partial charge in [-0.2, -0.15) is 0 Å². The molecule has 1 fully saturated rings. The number of para-hydroxylation sites is 2. The molecule has 0 unspecified atom stereocenters. The summed E-state index contributed by atoms with van der Waals surface area (Å²) in [6.45, 7) is 4.71. The summed E-state index contributed by atoms with van der Waals surface area (Å²) in [5.74, 6) is 1.09. The fraction of sp³-hybridized carbons (Fsp3) is 0.444. The molecule has 1 saturated heterocycles. The molecular weight excluding hydrogens is 412 g/mol. The number of fused-ring (bicyclic) bond motifs is 1. The highest BCUT2D eigenvalue weighted by Gasteiger charge is 2.16. The van der Waals surface area contributed by atoms with Crippen molar-refractivity contribution in [1.29, 1.82) is 0 Å². The van der Waals surface area contributed by atoms with Crippen molar-refractivity contribution in [2.24, 2.45) is 0 Å². The lowest BCUT2D eigenvalue weighted by Gasteiger charge is -2.20. The number of likely N-dealkylation sites (tertiary alicyclic amines) is 1. The van der Waals surface area contributed by atoms with Gasteiger partial charge in [0.25, 0.3) is 0 Å². The molecular formula is C27H34N4O2. The molecule has 6 heteroatoms. The number of nitrogens with one attached hydrogen (secondary N) is 1. The second-order valence-corrected chi connectivity index (χ2v) is 8.80. The lowest BCUT2D eigenvalue weighted by molar-refractivity contribution is -0.132. The van der Waals surface area contributed by atoms with Crippen molar-refractivity contribution >= 4 is 28.5 Å². The number of carbonyl (C=O) groups is 2. The van der Waals surface area contributed by atoms with Crippen molar-refractivity contribution in [3.8, 4) is 0 Å². The zero-order chi connectivity index (χ0) is 23.0. The average Bonchev–Trinajstić information content (AvgIpc) is 2.98. The Kier molecular flexibility index (Phi) is 7.76. The Balaban J connectivity index is 1.26. The van der Waals surface area contributed by atoms with Crippen molar-refractivity contribution in [2.75, 3.05) is 18.4 Å². The molecule has 1 aliphatic rings. The molecule has 2 aromatic carbocycles. The van der Waals surface area contributed by atoms with Crippen molar-refractivity contribution in [1.82, 2.24) is 14.5 Å². The molecule has 2 amide bonds. The predicted molar refractivity (Wildman–Crippen MR) is 132 cm³/mol. The predicted octanol–water partition coefficient (Wildman–Crippen LogP) is 4.96. The molecule has 2 heterocycles. The molecule has 0 saturated carbocycles. The SMILES string of the molecule is CCn1c(CCc2ccc(NC(=O)CCC(=O)N3CCCCCC3)cc2)nc2ccccc21.